The molecule has 0 aliphatic carbocycles. The first-order valence-electron chi connectivity index (χ1n) is 10.2. The number of fused-ring (bicyclic) bond motifs is 3. The van der Waals surface area contributed by atoms with Crippen molar-refractivity contribution in [3.63, 3.8) is 0 Å². The monoisotopic (exact) mass is 442 g/mol. The van der Waals surface area contributed by atoms with Crippen LogP contribution in [0.1, 0.15) is 49.7 Å². The number of rotatable bonds is 3. The number of aromatic hydroxyl groups is 1. The summed E-state index contributed by atoms with van der Waals surface area (Å²) in [6.45, 7) is 0. The third kappa shape index (κ3) is 3.63. The predicted octanol–water partition coefficient (Wildman–Crippen LogP) is 4.24. The van der Waals surface area contributed by atoms with Gasteiger partial charge in [-0.25, -0.2) is 4.79 Å². The van der Waals surface area contributed by atoms with Gasteiger partial charge in [0.15, 0.2) is 5.76 Å². The maximum absolute atomic E-state index is 13.1. The average molecular weight is 442 g/mol. The van der Waals surface area contributed by atoms with Crippen LogP contribution in [-0.4, -0.2) is 29.9 Å². The number of Topliss-reactive ketones (excluding diaryl/α,β-unsaturated/α-hetero) is 1. The van der Waals surface area contributed by atoms with Gasteiger partial charge in [0.05, 0.1) is 24.7 Å². The Bertz CT molecular complexity index is 1340. The summed E-state index contributed by atoms with van der Waals surface area (Å²) in [5.41, 5.74) is 2.74. The van der Waals surface area contributed by atoms with Gasteiger partial charge in [-0.1, -0.05) is 24.3 Å². The number of allylic oxidation sites excluding steroid dienone is 1. The molecule has 0 amide bonds. The zero-order valence-electron chi connectivity index (χ0n) is 17.5. The van der Waals surface area contributed by atoms with Crippen molar-refractivity contribution in [3.8, 4) is 17.2 Å². The van der Waals surface area contributed by atoms with Crippen LogP contribution in [0.5, 0.6) is 17.2 Å². The number of benzene rings is 3. The molecule has 164 valence electrons. The molecule has 2 heterocycles. The summed E-state index contributed by atoms with van der Waals surface area (Å²) in [6, 6.07) is 16.4. The fourth-order valence-electron chi connectivity index (χ4n) is 4.12. The SMILES string of the molecule is COC(=O)c1ccc(C=C2Oc3c(ccc4c3C(c3cccc(O)c3)CC(=O)O4)C2=O)cc1. The Balaban J connectivity index is 1.54. The normalized spacial score (nSPS) is 17.7. The molecule has 2 aliphatic heterocycles. The lowest BCUT2D eigenvalue weighted by Crippen LogP contribution is -2.21. The summed E-state index contributed by atoms with van der Waals surface area (Å²) in [6.07, 6.45) is 1.65. The third-order valence-corrected chi connectivity index (χ3v) is 5.68. The second-order valence-electron chi connectivity index (χ2n) is 7.73. The van der Waals surface area contributed by atoms with Gasteiger partial charge in [-0.05, 0) is 53.6 Å². The predicted molar refractivity (Wildman–Crippen MR) is 117 cm³/mol. The summed E-state index contributed by atoms with van der Waals surface area (Å²) in [5, 5.41) is 9.93. The van der Waals surface area contributed by atoms with Crippen LogP contribution in [0.15, 0.2) is 66.4 Å². The lowest BCUT2D eigenvalue weighted by atomic mass is 9.84. The first-order chi connectivity index (χ1) is 15.9. The third-order valence-electron chi connectivity index (χ3n) is 5.68. The van der Waals surface area contributed by atoms with Crippen LogP contribution in [0.25, 0.3) is 6.08 Å². The first-order valence-corrected chi connectivity index (χ1v) is 10.2. The van der Waals surface area contributed by atoms with E-state index in [-0.39, 0.29) is 23.7 Å². The van der Waals surface area contributed by atoms with Crippen LogP contribution in [-0.2, 0) is 9.53 Å². The minimum atomic E-state index is -0.450. The number of phenols is 1. The molecule has 1 N–H and O–H groups in total. The van der Waals surface area contributed by atoms with E-state index in [4.69, 9.17) is 14.2 Å². The highest BCUT2D eigenvalue weighted by atomic mass is 16.5. The van der Waals surface area contributed by atoms with Crippen LogP contribution >= 0.6 is 0 Å². The van der Waals surface area contributed by atoms with Gasteiger partial charge in [0.1, 0.15) is 17.2 Å². The molecule has 0 radical (unpaired) electrons. The number of hydrogen-bond donors (Lipinski definition) is 1. The van der Waals surface area contributed by atoms with Crippen molar-refractivity contribution in [2.45, 2.75) is 12.3 Å². The standard InChI is InChI=1S/C26H18O7/c1-31-26(30)15-7-5-14(6-8-15)11-21-24(29)18-9-10-20-23(25(18)33-21)19(13-22(28)32-20)16-3-2-4-17(27)12-16/h2-12,19,27H,13H2,1H3. The van der Waals surface area contributed by atoms with E-state index in [0.717, 1.165) is 0 Å². The molecule has 0 saturated heterocycles. The Labute approximate surface area is 188 Å². The molecule has 1 unspecified atom stereocenters. The lowest BCUT2D eigenvalue weighted by molar-refractivity contribution is -0.135. The molecule has 0 spiro atoms. The number of ketones is 1. The van der Waals surface area contributed by atoms with Crippen molar-refractivity contribution in [1.29, 1.82) is 0 Å². The molecule has 7 heteroatoms. The van der Waals surface area contributed by atoms with Gasteiger partial charge in [0.25, 0.3) is 0 Å². The highest BCUT2D eigenvalue weighted by Crippen LogP contribution is 2.49. The molecule has 2 aliphatic rings. The number of carbonyl (C=O) groups is 3. The van der Waals surface area contributed by atoms with Gasteiger partial charge in [0, 0.05) is 11.5 Å². The molecule has 1 atom stereocenters. The topological polar surface area (TPSA) is 99.1 Å². The molecule has 7 nitrogen and oxygen atoms in total. The first kappa shape index (κ1) is 20.5. The highest BCUT2D eigenvalue weighted by Gasteiger charge is 2.38. The Morgan fingerprint density at radius 1 is 1.06 bits per heavy atom. The Kier molecular flexibility index (Phi) is 4.94. The van der Waals surface area contributed by atoms with Crippen molar-refractivity contribution < 1.29 is 33.7 Å². The Morgan fingerprint density at radius 2 is 1.85 bits per heavy atom. The molecule has 0 fully saturated rings. The van der Waals surface area contributed by atoms with Gasteiger partial charge in [-0.2, -0.15) is 0 Å². The van der Waals surface area contributed by atoms with Crippen LogP contribution in [0, 0.1) is 0 Å². The zero-order valence-corrected chi connectivity index (χ0v) is 17.5. The minimum absolute atomic E-state index is 0.0541. The van der Waals surface area contributed by atoms with Crippen molar-refractivity contribution in [3.05, 3.63) is 94.2 Å². The quantitative estimate of drug-likeness (QED) is 0.368. The van der Waals surface area contributed by atoms with E-state index in [1.807, 2.05) is 6.07 Å². The van der Waals surface area contributed by atoms with Crippen LogP contribution in [0.2, 0.25) is 0 Å². The minimum Gasteiger partial charge on any atom is -0.508 e. The zero-order chi connectivity index (χ0) is 23.1. The molecule has 33 heavy (non-hydrogen) atoms. The molecule has 0 saturated carbocycles. The number of ether oxygens (including phenoxy) is 3. The molecule has 3 aromatic carbocycles. The largest absolute Gasteiger partial charge is 0.508 e. The van der Waals surface area contributed by atoms with E-state index in [2.05, 4.69) is 0 Å². The van der Waals surface area contributed by atoms with Crippen LogP contribution in [0.3, 0.4) is 0 Å². The van der Waals surface area contributed by atoms with E-state index in [0.29, 0.717) is 39.3 Å². The second-order valence-corrected chi connectivity index (χ2v) is 7.73. The van der Waals surface area contributed by atoms with E-state index >= 15 is 0 Å². The van der Waals surface area contributed by atoms with Gasteiger partial charge in [-0.15, -0.1) is 0 Å². The molecule has 3 aromatic rings. The van der Waals surface area contributed by atoms with Crippen molar-refractivity contribution in [1.82, 2.24) is 0 Å². The van der Waals surface area contributed by atoms with Gasteiger partial charge < -0.3 is 19.3 Å². The smallest absolute Gasteiger partial charge is 0.337 e. The van der Waals surface area contributed by atoms with Crippen molar-refractivity contribution in [2.75, 3.05) is 7.11 Å². The number of carbonyl (C=O) groups excluding carboxylic acids is 3. The van der Waals surface area contributed by atoms with Crippen molar-refractivity contribution >= 4 is 23.8 Å². The number of hydrogen-bond acceptors (Lipinski definition) is 7. The van der Waals surface area contributed by atoms with E-state index < -0.39 is 17.9 Å². The highest BCUT2D eigenvalue weighted by molar-refractivity contribution is 6.15. The molecule has 0 aromatic heterocycles. The maximum atomic E-state index is 13.1. The Hall–Kier alpha value is -4.39. The second kappa shape index (κ2) is 7.94. The lowest BCUT2D eigenvalue weighted by Gasteiger charge is -2.26. The fraction of sp³-hybridized carbons (Fsp3) is 0.115. The Morgan fingerprint density at radius 3 is 2.58 bits per heavy atom. The van der Waals surface area contributed by atoms with Crippen LogP contribution in [0.4, 0.5) is 0 Å². The number of phenolic OH excluding ortho intramolecular Hbond substituents is 1. The summed E-state index contributed by atoms with van der Waals surface area (Å²) >= 11 is 0. The van der Waals surface area contributed by atoms with Crippen LogP contribution < -0.4 is 9.47 Å². The van der Waals surface area contributed by atoms with Gasteiger partial charge in [-0.3, -0.25) is 9.59 Å². The average Bonchev–Trinajstić information content (AvgIpc) is 3.13. The molecular formula is C26H18O7. The molecule has 0 bridgehead atoms. The molecule has 5 rings (SSSR count). The number of methoxy groups -OCH3 is 1. The van der Waals surface area contributed by atoms with Gasteiger partial charge in [0.2, 0.25) is 5.78 Å². The van der Waals surface area contributed by atoms with E-state index in [1.165, 1.54) is 7.11 Å². The summed E-state index contributed by atoms with van der Waals surface area (Å²) in [7, 11) is 1.31. The summed E-state index contributed by atoms with van der Waals surface area (Å²) < 4.78 is 16.1. The van der Waals surface area contributed by atoms with Crippen molar-refractivity contribution in [2.24, 2.45) is 0 Å². The van der Waals surface area contributed by atoms with E-state index in [1.54, 1.807) is 60.7 Å². The van der Waals surface area contributed by atoms with E-state index in [9.17, 15) is 19.5 Å². The van der Waals surface area contributed by atoms with Gasteiger partial charge >= 0.3 is 11.9 Å². The summed E-state index contributed by atoms with van der Waals surface area (Å²) in [4.78, 5) is 36.9. The summed E-state index contributed by atoms with van der Waals surface area (Å²) in [5.74, 6) is -0.711. The fourth-order valence-corrected chi connectivity index (χ4v) is 4.12. The number of esters is 2. The maximum Gasteiger partial charge on any atom is 0.337 e. The molecular weight excluding hydrogens is 424 g/mol.